The first kappa shape index (κ1) is 22.3. The lowest BCUT2D eigenvalue weighted by Gasteiger charge is -2.34. The standard InChI is InChI=1S/C19H21F2N3O4S2/c1-13-2-5-17(29-13)19(26)24-10-8-23(9-11-24)18(25)6-7-22-30(27,28)14-3-4-15(20)16(21)12-14/h2-5,12,22H,6-11H2,1H3. The molecule has 0 spiro atoms. The Morgan fingerprint density at radius 3 is 2.30 bits per heavy atom. The third-order valence-electron chi connectivity index (χ3n) is 4.70. The van der Waals surface area contributed by atoms with E-state index in [0.29, 0.717) is 37.1 Å². The Bertz CT molecular complexity index is 1050. The minimum atomic E-state index is -4.05. The molecular weight excluding hydrogens is 436 g/mol. The minimum Gasteiger partial charge on any atom is -0.339 e. The van der Waals surface area contributed by atoms with Crippen molar-refractivity contribution in [3.63, 3.8) is 0 Å². The molecule has 30 heavy (non-hydrogen) atoms. The van der Waals surface area contributed by atoms with Crippen LogP contribution in [0.2, 0.25) is 0 Å². The van der Waals surface area contributed by atoms with Gasteiger partial charge in [0.15, 0.2) is 11.6 Å². The molecule has 1 N–H and O–H groups in total. The summed E-state index contributed by atoms with van der Waals surface area (Å²) >= 11 is 1.43. The highest BCUT2D eigenvalue weighted by atomic mass is 32.2. The fourth-order valence-corrected chi connectivity index (χ4v) is 4.92. The van der Waals surface area contributed by atoms with E-state index < -0.39 is 26.6 Å². The summed E-state index contributed by atoms with van der Waals surface area (Å²) < 4.78 is 52.7. The topological polar surface area (TPSA) is 86.8 Å². The van der Waals surface area contributed by atoms with Gasteiger partial charge in [0, 0.05) is 44.0 Å². The summed E-state index contributed by atoms with van der Waals surface area (Å²) in [6, 6.07) is 5.95. The second kappa shape index (κ2) is 9.19. The molecule has 1 aromatic heterocycles. The lowest BCUT2D eigenvalue weighted by Crippen LogP contribution is -2.50. The van der Waals surface area contributed by atoms with Crippen LogP contribution in [0.15, 0.2) is 35.2 Å². The first-order valence-electron chi connectivity index (χ1n) is 9.25. The maximum absolute atomic E-state index is 13.2. The average molecular weight is 458 g/mol. The predicted octanol–water partition coefficient (Wildman–Crippen LogP) is 1.99. The number of nitrogens with zero attached hydrogens (tertiary/aromatic N) is 2. The summed E-state index contributed by atoms with van der Waals surface area (Å²) in [5.41, 5.74) is 0. The Balaban J connectivity index is 1.47. The van der Waals surface area contributed by atoms with E-state index in [2.05, 4.69) is 4.72 Å². The van der Waals surface area contributed by atoms with Crippen LogP contribution >= 0.6 is 11.3 Å². The van der Waals surface area contributed by atoms with Crippen LogP contribution in [0.4, 0.5) is 8.78 Å². The van der Waals surface area contributed by atoms with Gasteiger partial charge in [0.25, 0.3) is 5.91 Å². The smallest absolute Gasteiger partial charge is 0.264 e. The molecule has 0 saturated carbocycles. The van der Waals surface area contributed by atoms with Crippen LogP contribution in [0.3, 0.4) is 0 Å². The number of halogens is 2. The van der Waals surface area contributed by atoms with Gasteiger partial charge in [-0.3, -0.25) is 9.59 Å². The van der Waals surface area contributed by atoms with Gasteiger partial charge in [0.1, 0.15) is 0 Å². The summed E-state index contributed by atoms with van der Waals surface area (Å²) in [5, 5.41) is 0. The maximum Gasteiger partial charge on any atom is 0.264 e. The number of aryl methyl sites for hydroxylation is 1. The van der Waals surface area contributed by atoms with Crippen LogP contribution in [0, 0.1) is 18.6 Å². The van der Waals surface area contributed by atoms with E-state index in [1.807, 2.05) is 13.0 Å². The molecule has 1 aromatic carbocycles. The predicted molar refractivity (Wildman–Crippen MR) is 108 cm³/mol. The lowest BCUT2D eigenvalue weighted by molar-refractivity contribution is -0.132. The van der Waals surface area contributed by atoms with Crippen molar-refractivity contribution in [1.29, 1.82) is 0 Å². The summed E-state index contributed by atoms with van der Waals surface area (Å²) in [6.45, 7) is 3.30. The molecule has 0 atom stereocenters. The fourth-order valence-electron chi connectivity index (χ4n) is 3.04. The summed E-state index contributed by atoms with van der Waals surface area (Å²) in [6.07, 6.45) is -0.0824. The van der Waals surface area contributed by atoms with E-state index >= 15 is 0 Å². The van der Waals surface area contributed by atoms with Gasteiger partial charge in [0.05, 0.1) is 9.77 Å². The van der Waals surface area contributed by atoms with Gasteiger partial charge in [0.2, 0.25) is 15.9 Å². The van der Waals surface area contributed by atoms with Crippen molar-refractivity contribution in [1.82, 2.24) is 14.5 Å². The number of carbonyl (C=O) groups excluding carboxylic acids is 2. The molecule has 1 saturated heterocycles. The Morgan fingerprint density at radius 2 is 1.70 bits per heavy atom. The number of thiophene rings is 1. The quantitative estimate of drug-likeness (QED) is 0.719. The van der Waals surface area contributed by atoms with Crippen molar-refractivity contribution >= 4 is 33.2 Å². The van der Waals surface area contributed by atoms with Crippen LogP contribution in [0.1, 0.15) is 21.0 Å². The molecule has 3 rings (SSSR count). The van der Waals surface area contributed by atoms with Crippen molar-refractivity contribution in [3.8, 4) is 0 Å². The molecule has 0 radical (unpaired) electrons. The van der Waals surface area contributed by atoms with Gasteiger partial charge in [-0.05, 0) is 37.3 Å². The molecule has 7 nitrogen and oxygen atoms in total. The zero-order valence-corrected chi connectivity index (χ0v) is 17.9. The zero-order valence-electron chi connectivity index (χ0n) is 16.2. The Hall–Kier alpha value is -2.37. The monoisotopic (exact) mass is 457 g/mol. The number of sulfonamides is 1. The molecule has 0 bridgehead atoms. The van der Waals surface area contributed by atoms with Gasteiger partial charge >= 0.3 is 0 Å². The fraction of sp³-hybridized carbons (Fsp3) is 0.368. The largest absolute Gasteiger partial charge is 0.339 e. The zero-order chi connectivity index (χ0) is 21.9. The van der Waals surface area contributed by atoms with Crippen molar-refractivity contribution in [2.75, 3.05) is 32.7 Å². The first-order valence-corrected chi connectivity index (χ1v) is 11.6. The number of amides is 2. The van der Waals surface area contributed by atoms with Gasteiger partial charge in [-0.25, -0.2) is 21.9 Å². The van der Waals surface area contributed by atoms with Gasteiger partial charge < -0.3 is 9.80 Å². The highest BCUT2D eigenvalue weighted by Gasteiger charge is 2.25. The summed E-state index contributed by atoms with van der Waals surface area (Å²) in [5.74, 6) is -2.71. The van der Waals surface area contributed by atoms with E-state index in [0.717, 1.165) is 17.0 Å². The molecule has 1 aliphatic rings. The van der Waals surface area contributed by atoms with Crippen LogP contribution in [-0.4, -0.2) is 62.8 Å². The number of rotatable bonds is 6. The number of carbonyl (C=O) groups is 2. The first-order chi connectivity index (χ1) is 14.2. The molecule has 2 amide bonds. The number of benzene rings is 1. The van der Waals surface area contributed by atoms with Crippen LogP contribution < -0.4 is 4.72 Å². The lowest BCUT2D eigenvalue weighted by atomic mass is 10.2. The number of hydrogen-bond donors (Lipinski definition) is 1. The minimum absolute atomic E-state index is 0.0560. The normalized spacial score (nSPS) is 14.8. The molecular formula is C19H21F2N3O4S2. The molecule has 1 aliphatic heterocycles. The Kier molecular flexibility index (Phi) is 6.84. The van der Waals surface area contributed by atoms with Gasteiger partial charge in [-0.2, -0.15) is 0 Å². The summed E-state index contributed by atoms with van der Waals surface area (Å²) in [7, 11) is -4.05. The number of hydrogen-bond acceptors (Lipinski definition) is 5. The van der Waals surface area contributed by atoms with E-state index in [1.165, 1.54) is 11.3 Å². The number of piperazine rings is 1. The Labute approximate surface area is 177 Å². The van der Waals surface area contributed by atoms with Crippen LogP contribution in [0.5, 0.6) is 0 Å². The SMILES string of the molecule is Cc1ccc(C(=O)N2CCN(C(=O)CCNS(=O)(=O)c3ccc(F)c(F)c3)CC2)s1. The van der Waals surface area contributed by atoms with E-state index in [4.69, 9.17) is 0 Å². The second-order valence-corrected chi connectivity index (χ2v) is 9.86. The molecule has 0 unspecified atom stereocenters. The molecule has 1 fully saturated rings. The van der Waals surface area contributed by atoms with Crippen molar-refractivity contribution in [3.05, 3.63) is 51.7 Å². The van der Waals surface area contributed by atoms with Crippen LogP contribution in [-0.2, 0) is 14.8 Å². The molecule has 162 valence electrons. The van der Waals surface area contributed by atoms with Crippen molar-refractivity contribution in [2.45, 2.75) is 18.2 Å². The maximum atomic E-state index is 13.2. The molecule has 0 aliphatic carbocycles. The van der Waals surface area contributed by atoms with E-state index in [9.17, 15) is 26.8 Å². The van der Waals surface area contributed by atoms with E-state index in [1.54, 1.807) is 15.9 Å². The highest BCUT2D eigenvalue weighted by Crippen LogP contribution is 2.18. The second-order valence-electron chi connectivity index (χ2n) is 6.81. The third kappa shape index (κ3) is 5.21. The summed E-state index contributed by atoms with van der Waals surface area (Å²) in [4.78, 5) is 29.4. The van der Waals surface area contributed by atoms with E-state index in [-0.39, 0.29) is 24.8 Å². The molecule has 2 aromatic rings. The van der Waals surface area contributed by atoms with Crippen molar-refractivity contribution in [2.24, 2.45) is 0 Å². The van der Waals surface area contributed by atoms with Gasteiger partial charge in [-0.15, -0.1) is 11.3 Å². The Morgan fingerprint density at radius 1 is 1.03 bits per heavy atom. The van der Waals surface area contributed by atoms with Gasteiger partial charge in [-0.1, -0.05) is 0 Å². The van der Waals surface area contributed by atoms with Crippen molar-refractivity contribution < 1.29 is 26.8 Å². The molecule has 11 heteroatoms. The average Bonchev–Trinajstić information content (AvgIpc) is 3.15. The molecule has 2 heterocycles. The number of nitrogens with one attached hydrogen (secondary N) is 1. The highest BCUT2D eigenvalue weighted by molar-refractivity contribution is 7.89. The third-order valence-corrected chi connectivity index (χ3v) is 7.15. The van der Waals surface area contributed by atoms with Crippen LogP contribution in [0.25, 0.3) is 0 Å².